The highest BCUT2D eigenvalue weighted by atomic mass is 16.5. The average Bonchev–Trinajstić information content (AvgIpc) is 3.55. The Bertz CT molecular complexity index is 1700. The Balaban J connectivity index is 1.28. The van der Waals surface area contributed by atoms with Crippen molar-refractivity contribution in [2.75, 3.05) is 12.0 Å². The normalized spacial score (nSPS) is 12.3. The Kier molecular flexibility index (Phi) is 6.66. The van der Waals surface area contributed by atoms with Gasteiger partial charge in [0.25, 0.3) is 11.8 Å². The molecule has 3 heterocycles. The molecule has 0 atom stereocenters. The molecule has 8 heteroatoms. The standard InChI is InChI=1S/C32H28N4O4/c1-21-17-25(34-40-21)18-33-31(37)29-16-15-26-20-36(28-9-5-3-7-24(28)19-35(26)29)32(38)23-13-11-22(12-14-23)27-8-4-6-10-30(27)39-2/h3-17H,18-20H2,1-2H3,(H,33,37). The number of para-hydroxylation sites is 2. The quantitative estimate of drug-likeness (QED) is 0.308. The van der Waals surface area contributed by atoms with E-state index in [9.17, 15) is 9.59 Å². The number of amides is 2. The number of nitrogens with one attached hydrogen (secondary N) is 1. The van der Waals surface area contributed by atoms with Crippen LogP contribution in [0, 0.1) is 6.92 Å². The first-order valence-electron chi connectivity index (χ1n) is 13.0. The minimum Gasteiger partial charge on any atom is -0.496 e. The zero-order valence-electron chi connectivity index (χ0n) is 22.3. The number of hydrogen-bond donors (Lipinski definition) is 1. The van der Waals surface area contributed by atoms with Crippen LogP contribution in [-0.2, 0) is 19.6 Å². The molecule has 0 fully saturated rings. The smallest absolute Gasteiger partial charge is 0.268 e. The van der Waals surface area contributed by atoms with Crippen LogP contribution in [-0.4, -0.2) is 28.6 Å². The molecule has 0 unspecified atom stereocenters. The van der Waals surface area contributed by atoms with E-state index in [4.69, 9.17) is 9.26 Å². The summed E-state index contributed by atoms with van der Waals surface area (Å²) in [6.45, 7) is 2.88. The van der Waals surface area contributed by atoms with Crippen LogP contribution in [0.2, 0.25) is 0 Å². The van der Waals surface area contributed by atoms with Gasteiger partial charge in [-0.3, -0.25) is 9.59 Å². The van der Waals surface area contributed by atoms with E-state index in [1.165, 1.54) is 0 Å². The maximum absolute atomic E-state index is 13.9. The van der Waals surface area contributed by atoms with Crippen molar-refractivity contribution >= 4 is 17.5 Å². The summed E-state index contributed by atoms with van der Waals surface area (Å²) in [5.41, 5.74) is 6.36. The van der Waals surface area contributed by atoms with Crippen molar-refractivity contribution < 1.29 is 18.8 Å². The van der Waals surface area contributed by atoms with E-state index in [-0.39, 0.29) is 18.4 Å². The summed E-state index contributed by atoms with van der Waals surface area (Å²) in [7, 11) is 1.65. The van der Waals surface area contributed by atoms with E-state index in [0.717, 1.165) is 33.8 Å². The molecule has 2 aromatic heterocycles. The summed E-state index contributed by atoms with van der Waals surface area (Å²) in [4.78, 5) is 28.8. The van der Waals surface area contributed by atoms with Gasteiger partial charge >= 0.3 is 0 Å². The van der Waals surface area contributed by atoms with Gasteiger partial charge in [-0.2, -0.15) is 0 Å². The highest BCUT2D eigenvalue weighted by Gasteiger charge is 2.27. The summed E-state index contributed by atoms with van der Waals surface area (Å²) in [6.07, 6.45) is 0. The van der Waals surface area contributed by atoms with E-state index < -0.39 is 0 Å². The molecule has 0 saturated heterocycles. The van der Waals surface area contributed by atoms with Gasteiger partial charge in [-0.1, -0.05) is 53.7 Å². The first-order chi connectivity index (χ1) is 19.5. The van der Waals surface area contributed by atoms with Crippen LogP contribution in [0.5, 0.6) is 5.75 Å². The molecular weight excluding hydrogens is 504 g/mol. The molecule has 2 amide bonds. The first-order valence-corrected chi connectivity index (χ1v) is 13.0. The fourth-order valence-electron chi connectivity index (χ4n) is 5.13. The number of methoxy groups -OCH3 is 1. The highest BCUT2D eigenvalue weighted by molar-refractivity contribution is 6.07. The number of aromatic nitrogens is 2. The van der Waals surface area contributed by atoms with E-state index >= 15 is 0 Å². The zero-order chi connectivity index (χ0) is 27.6. The monoisotopic (exact) mass is 532 g/mol. The molecule has 1 aliphatic heterocycles. The van der Waals surface area contributed by atoms with Gasteiger partial charge in [-0.05, 0) is 54.4 Å². The van der Waals surface area contributed by atoms with Crippen molar-refractivity contribution in [2.45, 2.75) is 26.6 Å². The average molecular weight is 533 g/mol. The number of anilines is 1. The number of carbonyl (C=O) groups excluding carboxylic acids is 2. The molecule has 8 nitrogen and oxygen atoms in total. The van der Waals surface area contributed by atoms with Crippen molar-refractivity contribution in [2.24, 2.45) is 0 Å². The molecule has 0 aliphatic carbocycles. The lowest BCUT2D eigenvalue weighted by Gasteiger charge is -2.23. The second-order valence-corrected chi connectivity index (χ2v) is 9.71. The lowest BCUT2D eigenvalue weighted by atomic mass is 10.0. The van der Waals surface area contributed by atoms with Gasteiger partial charge in [0.2, 0.25) is 0 Å². The SMILES string of the molecule is COc1ccccc1-c1ccc(C(=O)N2Cc3ccc(C(=O)NCc4cc(C)on4)n3Cc3ccccc32)cc1. The number of carbonyl (C=O) groups is 2. The van der Waals surface area contributed by atoms with Gasteiger partial charge in [0.1, 0.15) is 22.9 Å². The third kappa shape index (κ3) is 4.75. The summed E-state index contributed by atoms with van der Waals surface area (Å²) in [6, 6.07) is 28.7. The number of nitrogens with zero attached hydrogens (tertiary/aromatic N) is 3. The van der Waals surface area contributed by atoms with Crippen LogP contribution >= 0.6 is 0 Å². The van der Waals surface area contributed by atoms with Gasteiger partial charge < -0.3 is 24.0 Å². The summed E-state index contributed by atoms with van der Waals surface area (Å²) >= 11 is 0. The summed E-state index contributed by atoms with van der Waals surface area (Å²) in [5, 5.41) is 6.87. The highest BCUT2D eigenvalue weighted by Crippen LogP contribution is 2.32. The van der Waals surface area contributed by atoms with Crippen LogP contribution in [0.25, 0.3) is 11.1 Å². The second kappa shape index (κ2) is 10.6. The maximum Gasteiger partial charge on any atom is 0.268 e. The largest absolute Gasteiger partial charge is 0.496 e. The number of aryl methyl sites for hydroxylation is 1. The van der Waals surface area contributed by atoms with Crippen LogP contribution in [0.3, 0.4) is 0 Å². The van der Waals surface area contributed by atoms with Crippen molar-refractivity contribution in [3.8, 4) is 16.9 Å². The summed E-state index contributed by atoms with van der Waals surface area (Å²) in [5.74, 6) is 1.15. The van der Waals surface area contributed by atoms with Crippen LogP contribution in [0.1, 0.15) is 43.6 Å². The lowest BCUT2D eigenvalue weighted by Crippen LogP contribution is -2.30. The molecular formula is C32H28N4O4. The molecule has 0 spiro atoms. The Morgan fingerprint density at radius 2 is 1.73 bits per heavy atom. The Hall–Kier alpha value is -5.11. The second-order valence-electron chi connectivity index (χ2n) is 9.71. The molecule has 0 saturated carbocycles. The number of benzene rings is 3. The van der Waals surface area contributed by atoms with Crippen LogP contribution in [0.15, 0.2) is 95.5 Å². The van der Waals surface area contributed by atoms with Crippen molar-refractivity contribution in [3.05, 3.63) is 125 Å². The Morgan fingerprint density at radius 1 is 0.950 bits per heavy atom. The molecule has 1 N–H and O–H groups in total. The van der Waals surface area contributed by atoms with E-state index in [1.54, 1.807) is 24.1 Å². The van der Waals surface area contributed by atoms with E-state index in [2.05, 4.69) is 10.5 Å². The molecule has 0 radical (unpaired) electrons. The third-order valence-corrected chi connectivity index (χ3v) is 7.14. The minimum absolute atomic E-state index is 0.110. The molecule has 40 heavy (non-hydrogen) atoms. The molecule has 200 valence electrons. The number of ether oxygens (including phenoxy) is 1. The predicted octanol–water partition coefficient (Wildman–Crippen LogP) is 5.60. The van der Waals surface area contributed by atoms with Gasteiger partial charge in [-0.15, -0.1) is 0 Å². The van der Waals surface area contributed by atoms with Gasteiger partial charge in [0, 0.05) is 28.6 Å². The van der Waals surface area contributed by atoms with Gasteiger partial charge in [0.05, 0.1) is 26.7 Å². The van der Waals surface area contributed by atoms with Crippen molar-refractivity contribution in [1.29, 1.82) is 0 Å². The van der Waals surface area contributed by atoms with Crippen LogP contribution in [0.4, 0.5) is 5.69 Å². The van der Waals surface area contributed by atoms with Crippen LogP contribution < -0.4 is 15.0 Å². The fourth-order valence-corrected chi connectivity index (χ4v) is 5.13. The Morgan fingerprint density at radius 3 is 2.50 bits per heavy atom. The van der Waals surface area contributed by atoms with E-state index in [1.807, 2.05) is 90.4 Å². The number of fused-ring (bicyclic) bond motifs is 2. The first kappa shape index (κ1) is 25.2. The predicted molar refractivity (Wildman–Crippen MR) is 151 cm³/mol. The maximum atomic E-state index is 13.9. The summed E-state index contributed by atoms with van der Waals surface area (Å²) < 4.78 is 12.6. The lowest BCUT2D eigenvalue weighted by molar-refractivity contribution is 0.0940. The fraction of sp³-hybridized carbons (Fsp3) is 0.156. The molecule has 1 aliphatic rings. The number of hydrogen-bond acceptors (Lipinski definition) is 5. The molecule has 0 bridgehead atoms. The van der Waals surface area contributed by atoms with Crippen molar-refractivity contribution in [1.82, 2.24) is 15.0 Å². The zero-order valence-corrected chi connectivity index (χ0v) is 22.3. The topological polar surface area (TPSA) is 89.6 Å². The third-order valence-electron chi connectivity index (χ3n) is 7.14. The van der Waals surface area contributed by atoms with Gasteiger partial charge in [-0.25, -0.2) is 0 Å². The number of rotatable bonds is 6. The molecule has 5 aromatic rings. The molecule has 3 aromatic carbocycles. The van der Waals surface area contributed by atoms with Gasteiger partial charge in [0.15, 0.2) is 0 Å². The Labute approximate surface area is 231 Å². The minimum atomic E-state index is -0.212. The van der Waals surface area contributed by atoms with E-state index in [0.29, 0.717) is 35.8 Å². The van der Waals surface area contributed by atoms with Crippen molar-refractivity contribution in [3.63, 3.8) is 0 Å². The molecule has 6 rings (SSSR count).